The molecule has 1 aromatic rings. The first-order valence-corrected chi connectivity index (χ1v) is 7.66. The molecule has 22 heavy (non-hydrogen) atoms. The number of thiophene rings is 1. The second-order valence-corrected chi connectivity index (χ2v) is 6.12. The maximum Gasteiger partial charge on any atom is 0.163 e. The Bertz CT molecular complexity index is 721. The first kappa shape index (κ1) is 16.8. The van der Waals surface area contributed by atoms with Crippen LogP contribution in [0, 0.1) is 0 Å². The van der Waals surface area contributed by atoms with Gasteiger partial charge in [0.2, 0.25) is 0 Å². The van der Waals surface area contributed by atoms with Gasteiger partial charge in [-0.2, -0.15) is 11.3 Å². The lowest BCUT2D eigenvalue weighted by Crippen LogP contribution is -2.01. The van der Waals surface area contributed by atoms with Crippen molar-refractivity contribution in [3.05, 3.63) is 70.1 Å². The molecular weight excluding hydrogens is 296 g/mol. The van der Waals surface area contributed by atoms with Gasteiger partial charge in [0.25, 0.3) is 0 Å². The number of rotatable bonds is 4. The van der Waals surface area contributed by atoms with Gasteiger partial charge in [0.1, 0.15) is 15.7 Å². The van der Waals surface area contributed by atoms with E-state index < -0.39 is 11.7 Å². The van der Waals surface area contributed by atoms with E-state index >= 15 is 0 Å². The normalized spacial score (nSPS) is 17.2. The molecular formula is C17H14B2F2S. The Morgan fingerprint density at radius 1 is 1.23 bits per heavy atom. The van der Waals surface area contributed by atoms with Crippen molar-refractivity contribution in [2.45, 2.75) is 19.8 Å². The first-order valence-electron chi connectivity index (χ1n) is 6.84. The molecule has 0 nitrogen and oxygen atoms in total. The van der Waals surface area contributed by atoms with Gasteiger partial charge >= 0.3 is 0 Å². The average Bonchev–Trinajstić information content (AvgIpc) is 2.93. The summed E-state index contributed by atoms with van der Waals surface area (Å²) >= 11 is 1.27. The molecule has 0 N–H and O–H groups in total. The molecule has 1 aliphatic rings. The van der Waals surface area contributed by atoms with E-state index in [9.17, 15) is 8.78 Å². The monoisotopic (exact) mass is 310 g/mol. The third-order valence-electron chi connectivity index (χ3n) is 3.51. The summed E-state index contributed by atoms with van der Waals surface area (Å²) in [6.07, 6.45) is 5.68. The molecule has 0 aliphatic heterocycles. The van der Waals surface area contributed by atoms with Gasteiger partial charge in [0.05, 0.1) is 0 Å². The second kappa shape index (κ2) is 7.10. The van der Waals surface area contributed by atoms with E-state index in [-0.39, 0.29) is 0 Å². The highest BCUT2D eigenvalue weighted by atomic mass is 32.1. The molecule has 0 amide bonds. The Labute approximate surface area is 136 Å². The van der Waals surface area contributed by atoms with Crippen LogP contribution < -0.4 is 4.78 Å². The van der Waals surface area contributed by atoms with Crippen LogP contribution in [-0.4, -0.2) is 15.7 Å². The lowest BCUT2D eigenvalue weighted by Gasteiger charge is -2.18. The van der Waals surface area contributed by atoms with Crippen molar-refractivity contribution < 1.29 is 8.78 Å². The fourth-order valence-corrected chi connectivity index (χ4v) is 3.08. The topological polar surface area (TPSA) is 0 Å². The van der Waals surface area contributed by atoms with Crippen LogP contribution in [0.1, 0.15) is 24.6 Å². The summed E-state index contributed by atoms with van der Waals surface area (Å²) in [7, 11) is 11.3. The molecule has 0 saturated carbocycles. The lowest BCUT2D eigenvalue weighted by molar-refractivity contribution is 0.527. The molecule has 1 aromatic heterocycles. The van der Waals surface area contributed by atoms with E-state index in [2.05, 4.69) is 6.58 Å². The molecule has 1 aliphatic carbocycles. The van der Waals surface area contributed by atoms with Gasteiger partial charge in [-0.05, 0) is 41.8 Å². The van der Waals surface area contributed by atoms with Gasteiger partial charge in [0.15, 0.2) is 11.7 Å². The Morgan fingerprint density at radius 3 is 2.55 bits per heavy atom. The van der Waals surface area contributed by atoms with E-state index in [1.807, 2.05) is 0 Å². The van der Waals surface area contributed by atoms with Crippen molar-refractivity contribution in [1.82, 2.24) is 0 Å². The average molecular weight is 310 g/mol. The van der Waals surface area contributed by atoms with E-state index in [0.29, 0.717) is 44.7 Å². The second-order valence-electron chi connectivity index (χ2n) is 5.01. The highest BCUT2D eigenvalue weighted by Crippen LogP contribution is 2.40. The summed E-state index contributed by atoms with van der Waals surface area (Å²) in [4.78, 5) is 0.682. The zero-order chi connectivity index (χ0) is 16.3. The number of allylic oxidation sites excluding steroid dienone is 9. The molecule has 0 aromatic carbocycles. The van der Waals surface area contributed by atoms with Crippen molar-refractivity contribution in [2.75, 3.05) is 0 Å². The first-order chi connectivity index (χ1) is 10.4. The summed E-state index contributed by atoms with van der Waals surface area (Å²) in [6, 6.07) is 3.43. The van der Waals surface area contributed by atoms with E-state index in [1.165, 1.54) is 17.4 Å². The smallest absolute Gasteiger partial charge is 0.163 e. The minimum atomic E-state index is -0.799. The van der Waals surface area contributed by atoms with Crippen LogP contribution in [0.4, 0.5) is 8.78 Å². The Hall–Kier alpha value is -1.61. The Balaban J connectivity index is 2.38. The molecule has 0 saturated heterocycles. The Morgan fingerprint density at radius 2 is 1.95 bits per heavy atom. The van der Waals surface area contributed by atoms with Gasteiger partial charge in [0, 0.05) is 10.5 Å². The van der Waals surface area contributed by atoms with Crippen LogP contribution in [0.25, 0.3) is 5.57 Å². The van der Waals surface area contributed by atoms with Gasteiger partial charge in [-0.15, -0.1) is 0 Å². The summed E-state index contributed by atoms with van der Waals surface area (Å²) in [5, 5.41) is 0. The van der Waals surface area contributed by atoms with Crippen LogP contribution in [-0.2, 0) is 0 Å². The van der Waals surface area contributed by atoms with Crippen molar-refractivity contribution >= 4 is 37.4 Å². The quantitative estimate of drug-likeness (QED) is 0.570. The number of halogens is 2. The van der Waals surface area contributed by atoms with Crippen LogP contribution in [0.5, 0.6) is 0 Å². The van der Waals surface area contributed by atoms with E-state index in [0.717, 1.165) is 0 Å². The molecule has 4 radical (unpaired) electrons. The van der Waals surface area contributed by atoms with Crippen molar-refractivity contribution in [2.24, 2.45) is 0 Å². The van der Waals surface area contributed by atoms with E-state index in [1.54, 1.807) is 31.2 Å². The van der Waals surface area contributed by atoms with Crippen molar-refractivity contribution in [3.8, 4) is 0 Å². The molecule has 1 heterocycles. The SMILES string of the molecule is [B]/C(C=C)=C/C=C(\C)C1=C(F)C(F)=C(c2ccc([B])s2)CC1. The minimum Gasteiger partial charge on any atom is -0.203 e. The fraction of sp³-hybridized carbons (Fsp3) is 0.176. The maximum atomic E-state index is 14.3. The molecule has 0 spiro atoms. The van der Waals surface area contributed by atoms with Crippen LogP contribution in [0.15, 0.2) is 65.2 Å². The predicted molar refractivity (Wildman–Crippen MR) is 92.9 cm³/mol. The van der Waals surface area contributed by atoms with Gasteiger partial charge in [-0.25, -0.2) is 8.78 Å². The zero-order valence-corrected chi connectivity index (χ0v) is 13.1. The van der Waals surface area contributed by atoms with Crippen LogP contribution >= 0.6 is 11.3 Å². The number of hydrogen-bond donors (Lipinski definition) is 0. The predicted octanol–water partition coefficient (Wildman–Crippen LogP) is 4.42. The van der Waals surface area contributed by atoms with Gasteiger partial charge in [-0.3, -0.25) is 0 Å². The van der Waals surface area contributed by atoms with Crippen LogP contribution in [0.2, 0.25) is 0 Å². The highest BCUT2D eigenvalue weighted by molar-refractivity contribution is 7.20. The van der Waals surface area contributed by atoms with Gasteiger partial charge < -0.3 is 0 Å². The minimum absolute atomic E-state index is 0.374. The molecule has 2 rings (SSSR count). The summed E-state index contributed by atoms with van der Waals surface area (Å²) in [5.74, 6) is -1.59. The summed E-state index contributed by atoms with van der Waals surface area (Å²) < 4.78 is 29.3. The maximum absolute atomic E-state index is 14.3. The van der Waals surface area contributed by atoms with Crippen molar-refractivity contribution in [3.63, 3.8) is 0 Å². The number of hydrogen-bond acceptors (Lipinski definition) is 1. The van der Waals surface area contributed by atoms with Crippen molar-refractivity contribution in [1.29, 1.82) is 0 Å². The fourth-order valence-electron chi connectivity index (χ4n) is 2.24. The third kappa shape index (κ3) is 3.58. The van der Waals surface area contributed by atoms with Gasteiger partial charge in [-0.1, -0.05) is 36.3 Å². The van der Waals surface area contributed by atoms with E-state index in [4.69, 9.17) is 15.7 Å². The molecule has 5 heteroatoms. The Kier molecular flexibility index (Phi) is 5.41. The molecule has 0 atom stereocenters. The molecule has 0 unspecified atom stereocenters. The summed E-state index contributed by atoms with van der Waals surface area (Å²) in [6.45, 7) is 5.28. The zero-order valence-electron chi connectivity index (χ0n) is 12.3. The standard InChI is InChI=1S/C17H14B2F2S/c1-3-11(18)5-4-10(2)12-6-7-13(17(21)16(12)20)14-8-9-15(19)22-14/h3-5,8-9H,1,6-7H2,2H3/b10-4+,11-5+. The summed E-state index contributed by atoms with van der Waals surface area (Å²) in [5.41, 5.74) is 1.89. The molecule has 108 valence electrons. The largest absolute Gasteiger partial charge is 0.203 e. The lowest BCUT2D eigenvalue weighted by atomic mass is 9.90. The molecule has 0 fully saturated rings. The third-order valence-corrected chi connectivity index (χ3v) is 4.48. The highest BCUT2D eigenvalue weighted by Gasteiger charge is 2.24. The van der Waals surface area contributed by atoms with Crippen LogP contribution in [0.3, 0.4) is 0 Å². The molecule has 0 bridgehead atoms.